The number of hydrogen-bond donors (Lipinski definition) is 1. The standard InChI is InChI=1S/C28H26N2O5.Na/c1-19(31)34-35-24-14-8-9-20(15-24)17-30-18-23(32)16-25(30)28-29-26(21-10-4-2-5-11-21)27(33-28)22-12-6-3-7-13-22;/h2-15,23,25,32H,16-18H2,1H3;/t23-,25-;/m1./s1. The Hall–Kier alpha value is -2.94. The molecular formula is C28H26N2NaO5. The number of aliphatic hydroxyl groups is 1. The van der Waals surface area contributed by atoms with Crippen molar-refractivity contribution in [3.05, 3.63) is 96.4 Å². The molecular weight excluding hydrogens is 467 g/mol. The van der Waals surface area contributed by atoms with Gasteiger partial charge in [-0.2, -0.15) is 0 Å². The van der Waals surface area contributed by atoms with E-state index in [1.54, 1.807) is 6.07 Å². The van der Waals surface area contributed by atoms with Gasteiger partial charge in [0, 0.05) is 60.7 Å². The number of benzene rings is 3. The molecule has 1 fully saturated rings. The first-order valence-corrected chi connectivity index (χ1v) is 11.5. The predicted molar refractivity (Wildman–Crippen MR) is 136 cm³/mol. The summed E-state index contributed by atoms with van der Waals surface area (Å²) in [5, 5.41) is 10.5. The zero-order chi connectivity index (χ0) is 24.2. The number of likely N-dealkylation sites (tertiary alicyclic amines) is 1. The normalized spacial score (nSPS) is 17.4. The van der Waals surface area contributed by atoms with E-state index in [9.17, 15) is 9.90 Å². The van der Waals surface area contributed by atoms with Gasteiger partial charge in [-0.3, -0.25) is 14.7 Å². The first-order chi connectivity index (χ1) is 17.1. The Balaban J connectivity index is 0.00000304. The van der Waals surface area contributed by atoms with E-state index in [0.717, 1.165) is 22.4 Å². The topological polar surface area (TPSA) is 85.0 Å². The summed E-state index contributed by atoms with van der Waals surface area (Å²) >= 11 is 0. The predicted octanol–water partition coefficient (Wildman–Crippen LogP) is 4.79. The zero-order valence-electron chi connectivity index (χ0n) is 20.3. The molecule has 4 aromatic rings. The van der Waals surface area contributed by atoms with Gasteiger partial charge in [-0.25, -0.2) is 9.78 Å². The van der Waals surface area contributed by atoms with Crippen LogP contribution in [-0.4, -0.2) is 63.2 Å². The van der Waals surface area contributed by atoms with Crippen LogP contribution in [0.1, 0.15) is 30.8 Å². The Kier molecular flexibility index (Phi) is 8.61. The largest absolute Gasteiger partial charge is 0.438 e. The number of nitrogens with zero attached hydrogens (tertiary/aromatic N) is 2. The quantitative estimate of drug-likeness (QED) is 0.225. The molecule has 0 saturated carbocycles. The third-order valence-electron chi connectivity index (χ3n) is 5.93. The van der Waals surface area contributed by atoms with E-state index in [1.807, 2.05) is 78.9 Å². The zero-order valence-corrected chi connectivity index (χ0v) is 22.3. The number of β-amino-alcohol motifs (C(OH)–C–C–N with tert-alkyl or cyclic N) is 1. The van der Waals surface area contributed by atoms with Crippen molar-refractivity contribution >= 4 is 35.5 Å². The van der Waals surface area contributed by atoms with Gasteiger partial charge in [-0.15, -0.1) is 0 Å². The number of hydrogen-bond acceptors (Lipinski definition) is 7. The van der Waals surface area contributed by atoms with Crippen molar-refractivity contribution in [2.24, 2.45) is 0 Å². The minimum atomic E-state index is -0.523. The van der Waals surface area contributed by atoms with Gasteiger partial charge < -0.3 is 9.52 Å². The molecule has 1 radical (unpaired) electrons. The molecule has 0 amide bonds. The molecule has 36 heavy (non-hydrogen) atoms. The number of oxazole rings is 1. The van der Waals surface area contributed by atoms with E-state index in [2.05, 4.69) is 9.79 Å². The van der Waals surface area contributed by atoms with Gasteiger partial charge >= 0.3 is 5.97 Å². The van der Waals surface area contributed by atoms with E-state index >= 15 is 0 Å². The number of aliphatic hydroxyl groups excluding tert-OH is 1. The third kappa shape index (κ3) is 6.06. The second kappa shape index (κ2) is 11.9. The van der Waals surface area contributed by atoms with Gasteiger partial charge in [0.1, 0.15) is 5.69 Å². The fourth-order valence-corrected chi connectivity index (χ4v) is 4.40. The van der Waals surface area contributed by atoms with Gasteiger partial charge in [0.2, 0.25) is 5.89 Å². The molecule has 0 aliphatic carbocycles. The Morgan fingerprint density at radius 1 is 1.03 bits per heavy atom. The number of carbonyl (C=O) groups is 1. The molecule has 3 aromatic carbocycles. The molecule has 7 nitrogen and oxygen atoms in total. The molecule has 1 saturated heterocycles. The van der Waals surface area contributed by atoms with Gasteiger partial charge in [-0.05, 0) is 24.1 Å². The molecule has 0 unspecified atom stereocenters. The summed E-state index contributed by atoms with van der Waals surface area (Å²) in [6.07, 6.45) is 0.0276. The van der Waals surface area contributed by atoms with Crippen molar-refractivity contribution in [3.8, 4) is 28.3 Å². The van der Waals surface area contributed by atoms with Gasteiger partial charge in [0.15, 0.2) is 11.5 Å². The van der Waals surface area contributed by atoms with Gasteiger partial charge in [0.25, 0.3) is 0 Å². The maximum Gasteiger partial charge on any atom is 0.352 e. The van der Waals surface area contributed by atoms with Crippen molar-refractivity contribution in [2.45, 2.75) is 32.0 Å². The van der Waals surface area contributed by atoms with Crippen LogP contribution in [-0.2, 0) is 16.2 Å². The summed E-state index contributed by atoms with van der Waals surface area (Å²) in [7, 11) is 0. The second-order valence-electron chi connectivity index (χ2n) is 8.60. The van der Waals surface area contributed by atoms with E-state index in [1.165, 1.54) is 6.92 Å². The molecule has 1 N–H and O–H groups in total. The molecule has 0 spiro atoms. The first kappa shape index (κ1) is 26.1. The molecule has 1 aliphatic rings. The van der Waals surface area contributed by atoms with Crippen molar-refractivity contribution < 1.29 is 24.1 Å². The van der Waals surface area contributed by atoms with E-state index in [0.29, 0.717) is 36.9 Å². The van der Waals surface area contributed by atoms with Crippen LogP contribution in [0.4, 0.5) is 0 Å². The van der Waals surface area contributed by atoms with Crippen LogP contribution in [0.5, 0.6) is 5.75 Å². The number of rotatable bonds is 7. The van der Waals surface area contributed by atoms with Crippen LogP contribution in [0.3, 0.4) is 0 Å². The molecule has 179 valence electrons. The summed E-state index contributed by atoms with van der Waals surface area (Å²) in [6, 6.07) is 27.0. The molecule has 2 heterocycles. The van der Waals surface area contributed by atoms with Crippen molar-refractivity contribution in [1.29, 1.82) is 0 Å². The third-order valence-corrected chi connectivity index (χ3v) is 5.93. The fourth-order valence-electron chi connectivity index (χ4n) is 4.40. The minimum Gasteiger partial charge on any atom is -0.438 e. The monoisotopic (exact) mass is 493 g/mol. The summed E-state index contributed by atoms with van der Waals surface area (Å²) in [5.41, 5.74) is 3.66. The van der Waals surface area contributed by atoms with Crippen LogP contribution in [0.2, 0.25) is 0 Å². The van der Waals surface area contributed by atoms with Crippen molar-refractivity contribution in [2.75, 3.05) is 6.54 Å². The number of aromatic nitrogens is 1. The van der Waals surface area contributed by atoms with Crippen LogP contribution in [0.15, 0.2) is 89.3 Å². The maximum atomic E-state index is 11.1. The van der Waals surface area contributed by atoms with E-state index in [-0.39, 0.29) is 35.6 Å². The van der Waals surface area contributed by atoms with Crippen LogP contribution in [0, 0.1) is 0 Å². The fraction of sp³-hybridized carbons (Fsp3) is 0.214. The second-order valence-corrected chi connectivity index (χ2v) is 8.60. The van der Waals surface area contributed by atoms with Gasteiger partial charge in [-0.1, -0.05) is 72.8 Å². The van der Waals surface area contributed by atoms with Crippen LogP contribution >= 0.6 is 0 Å². The Labute approximate surface area is 231 Å². The Morgan fingerprint density at radius 2 is 1.72 bits per heavy atom. The summed E-state index contributed by atoms with van der Waals surface area (Å²) in [4.78, 5) is 27.8. The van der Waals surface area contributed by atoms with Crippen LogP contribution < -0.4 is 4.89 Å². The molecule has 0 bridgehead atoms. The first-order valence-electron chi connectivity index (χ1n) is 11.5. The summed E-state index contributed by atoms with van der Waals surface area (Å²) in [5.74, 6) is 1.20. The molecule has 5 rings (SSSR count). The smallest absolute Gasteiger partial charge is 0.352 e. The molecule has 8 heteroatoms. The summed E-state index contributed by atoms with van der Waals surface area (Å²) in [6.45, 7) is 2.32. The Morgan fingerprint density at radius 3 is 2.42 bits per heavy atom. The number of carbonyl (C=O) groups excluding carboxylic acids is 1. The van der Waals surface area contributed by atoms with Crippen LogP contribution in [0.25, 0.3) is 22.6 Å². The molecule has 1 aliphatic heterocycles. The van der Waals surface area contributed by atoms with Crippen molar-refractivity contribution in [3.63, 3.8) is 0 Å². The average molecular weight is 494 g/mol. The van der Waals surface area contributed by atoms with E-state index in [4.69, 9.17) is 14.3 Å². The molecule has 2 atom stereocenters. The molecule has 1 aromatic heterocycles. The average Bonchev–Trinajstić information content (AvgIpc) is 3.48. The SMILES string of the molecule is CC(=O)OOc1cccc(CN2C[C@H](O)C[C@@H]2c2nc(-c3ccccc3)c(-c3ccccc3)o2)c1.[Na]. The minimum absolute atomic E-state index is 0. The Bertz CT molecular complexity index is 1240. The summed E-state index contributed by atoms with van der Waals surface area (Å²) < 4.78 is 6.40. The van der Waals surface area contributed by atoms with E-state index < -0.39 is 12.1 Å². The van der Waals surface area contributed by atoms with Crippen molar-refractivity contribution in [1.82, 2.24) is 9.88 Å². The van der Waals surface area contributed by atoms with Gasteiger partial charge in [0.05, 0.1) is 12.1 Å². The maximum absolute atomic E-state index is 11.1.